The molecule has 0 spiro atoms. The smallest absolute Gasteiger partial charge is 0.246 e. The second-order valence-corrected chi connectivity index (χ2v) is 14.4. The van der Waals surface area contributed by atoms with Gasteiger partial charge in [-0.25, -0.2) is 4.98 Å². The van der Waals surface area contributed by atoms with Crippen LogP contribution in [0.2, 0.25) is 5.02 Å². The summed E-state index contributed by atoms with van der Waals surface area (Å²) in [5.41, 5.74) is 2.46. The summed E-state index contributed by atoms with van der Waals surface area (Å²) in [6.07, 6.45) is 5.08. The van der Waals surface area contributed by atoms with Crippen LogP contribution in [0.5, 0.6) is 5.75 Å². The minimum Gasteiger partial charge on any atom is -0.489 e. The summed E-state index contributed by atoms with van der Waals surface area (Å²) < 4.78 is 18.9. The normalized spacial score (nSPS) is 16.8. The molecule has 216 valence electrons. The monoisotopic (exact) mass is 595 g/mol. The standard InChI is InChI=1S/C29H35ClN7O3P/c1-35(2)13-7-10-27(38)36-14-15-37-21(18-36)19-40-25-16-20(11-12-24(25)37)32-29-31-17-22(30)28(34-29)33-23-8-5-6-9-26(23)41(3,4)39/h5-12,16-17,21H,13-15,18-19H2,1-4H3,(H2,31,32,33,34)/b10-7+/t21-/m0/s1. The highest BCUT2D eigenvalue weighted by Gasteiger charge is 2.34. The molecule has 1 atom stereocenters. The zero-order valence-corrected chi connectivity index (χ0v) is 25.3. The van der Waals surface area contributed by atoms with Gasteiger partial charge in [0.25, 0.3) is 0 Å². The number of aromatic nitrogens is 2. The molecule has 41 heavy (non-hydrogen) atoms. The Morgan fingerprint density at radius 3 is 2.78 bits per heavy atom. The van der Waals surface area contributed by atoms with E-state index in [-0.39, 0.29) is 11.9 Å². The fraction of sp³-hybridized carbons (Fsp3) is 0.345. The zero-order valence-electron chi connectivity index (χ0n) is 23.7. The Balaban J connectivity index is 1.27. The van der Waals surface area contributed by atoms with Crippen LogP contribution in [0.25, 0.3) is 0 Å². The number of hydrogen-bond donors (Lipinski definition) is 2. The lowest BCUT2D eigenvalue weighted by atomic mass is 10.1. The molecule has 10 nitrogen and oxygen atoms in total. The van der Waals surface area contributed by atoms with E-state index in [0.717, 1.165) is 35.5 Å². The van der Waals surface area contributed by atoms with E-state index >= 15 is 0 Å². The quantitative estimate of drug-likeness (QED) is 0.290. The van der Waals surface area contributed by atoms with Gasteiger partial charge in [-0.3, -0.25) is 4.79 Å². The van der Waals surface area contributed by atoms with E-state index in [4.69, 9.17) is 16.3 Å². The zero-order chi connectivity index (χ0) is 29.1. The summed E-state index contributed by atoms with van der Waals surface area (Å²) in [6, 6.07) is 13.4. The van der Waals surface area contributed by atoms with Crippen molar-refractivity contribution in [3.63, 3.8) is 0 Å². The number of nitrogens with one attached hydrogen (secondary N) is 2. The van der Waals surface area contributed by atoms with Gasteiger partial charge in [-0.2, -0.15) is 4.98 Å². The van der Waals surface area contributed by atoms with E-state index in [1.807, 2.05) is 72.4 Å². The molecule has 0 aliphatic carbocycles. The number of ether oxygens (including phenoxy) is 1. The van der Waals surface area contributed by atoms with Crippen LogP contribution < -0.4 is 25.6 Å². The second kappa shape index (κ2) is 12.1. The summed E-state index contributed by atoms with van der Waals surface area (Å²) in [4.78, 5) is 27.8. The molecule has 2 aliphatic rings. The summed E-state index contributed by atoms with van der Waals surface area (Å²) in [5, 5.41) is 7.52. The SMILES string of the molecule is CN(C)C/C=C/C(=O)N1CCN2c3ccc(Nc4ncc(Cl)c(Nc5ccccc5P(C)(C)=O)n4)cc3OC[C@@H]2C1. The number of amides is 1. The van der Waals surface area contributed by atoms with Crippen LogP contribution in [-0.2, 0) is 9.36 Å². The van der Waals surface area contributed by atoms with Crippen LogP contribution in [0.4, 0.5) is 28.8 Å². The molecule has 1 aromatic heterocycles. The van der Waals surface area contributed by atoms with Gasteiger partial charge in [0.2, 0.25) is 11.9 Å². The highest BCUT2D eigenvalue weighted by molar-refractivity contribution is 7.70. The predicted octanol–water partition coefficient (Wildman–Crippen LogP) is 4.39. The highest BCUT2D eigenvalue weighted by atomic mass is 35.5. The van der Waals surface area contributed by atoms with Crippen molar-refractivity contribution in [1.29, 1.82) is 0 Å². The first-order valence-electron chi connectivity index (χ1n) is 13.4. The number of hydrogen-bond acceptors (Lipinski definition) is 9. The Hall–Kier alpha value is -3.59. The molecular weight excluding hydrogens is 561 g/mol. The lowest BCUT2D eigenvalue weighted by Crippen LogP contribution is -2.58. The molecule has 1 fully saturated rings. The Bertz CT molecular complexity index is 1510. The van der Waals surface area contributed by atoms with Crippen LogP contribution >= 0.6 is 18.7 Å². The van der Waals surface area contributed by atoms with E-state index in [1.165, 1.54) is 6.20 Å². The molecule has 3 heterocycles. The average Bonchev–Trinajstić information content (AvgIpc) is 2.94. The van der Waals surface area contributed by atoms with Gasteiger partial charge in [-0.15, -0.1) is 0 Å². The molecule has 1 amide bonds. The summed E-state index contributed by atoms with van der Waals surface area (Å²) in [6.45, 7) is 6.69. The van der Waals surface area contributed by atoms with Crippen molar-refractivity contribution in [3.8, 4) is 5.75 Å². The number of carbonyl (C=O) groups excluding carboxylic acids is 1. The maximum Gasteiger partial charge on any atom is 0.246 e. The Kier molecular flexibility index (Phi) is 8.54. The maximum absolute atomic E-state index is 12.8. The molecule has 0 bridgehead atoms. The molecule has 12 heteroatoms. The van der Waals surface area contributed by atoms with E-state index in [9.17, 15) is 9.36 Å². The topological polar surface area (TPSA) is 103 Å². The van der Waals surface area contributed by atoms with E-state index in [0.29, 0.717) is 42.2 Å². The van der Waals surface area contributed by atoms with E-state index < -0.39 is 7.14 Å². The first kappa shape index (κ1) is 28.9. The number of carbonyl (C=O) groups is 1. The van der Waals surface area contributed by atoms with Crippen molar-refractivity contribution in [2.45, 2.75) is 6.04 Å². The second-order valence-electron chi connectivity index (χ2n) is 10.8. The molecule has 0 unspecified atom stereocenters. The van der Waals surface area contributed by atoms with Crippen molar-refractivity contribution in [2.24, 2.45) is 0 Å². The summed E-state index contributed by atoms with van der Waals surface area (Å²) in [7, 11) is 1.43. The lowest BCUT2D eigenvalue weighted by Gasteiger charge is -2.45. The molecule has 5 rings (SSSR count). The molecule has 0 saturated carbocycles. The van der Waals surface area contributed by atoms with Crippen LogP contribution in [0, 0.1) is 0 Å². The number of nitrogens with zero attached hydrogens (tertiary/aromatic N) is 5. The van der Waals surface area contributed by atoms with Gasteiger partial charge in [0.05, 0.1) is 23.6 Å². The number of para-hydroxylation sites is 1. The predicted molar refractivity (Wildman–Crippen MR) is 166 cm³/mol. The number of halogens is 1. The van der Waals surface area contributed by atoms with Gasteiger partial charge in [-0.05, 0) is 51.7 Å². The third-order valence-electron chi connectivity index (χ3n) is 6.96. The van der Waals surface area contributed by atoms with Crippen molar-refractivity contribution in [2.75, 3.05) is 75.7 Å². The molecule has 2 aromatic carbocycles. The summed E-state index contributed by atoms with van der Waals surface area (Å²) >= 11 is 6.40. The third kappa shape index (κ3) is 6.84. The van der Waals surface area contributed by atoms with Crippen LogP contribution in [0.15, 0.2) is 60.8 Å². The van der Waals surface area contributed by atoms with Crippen molar-refractivity contribution in [3.05, 3.63) is 65.8 Å². The Morgan fingerprint density at radius 1 is 1.20 bits per heavy atom. The largest absolute Gasteiger partial charge is 0.489 e. The number of benzene rings is 2. The van der Waals surface area contributed by atoms with Crippen LogP contribution in [0.1, 0.15) is 0 Å². The molecular formula is C29H35ClN7O3P. The first-order chi connectivity index (χ1) is 19.6. The molecule has 2 aliphatic heterocycles. The van der Waals surface area contributed by atoms with Gasteiger partial charge >= 0.3 is 0 Å². The average molecular weight is 596 g/mol. The number of fused-ring (bicyclic) bond motifs is 3. The molecule has 2 N–H and O–H groups in total. The number of likely N-dealkylation sites (N-methyl/N-ethyl adjacent to an activating group) is 1. The highest BCUT2D eigenvalue weighted by Crippen LogP contribution is 2.40. The van der Waals surface area contributed by atoms with Gasteiger partial charge < -0.3 is 34.6 Å². The fourth-order valence-corrected chi connectivity index (χ4v) is 6.23. The maximum atomic E-state index is 12.8. The lowest BCUT2D eigenvalue weighted by molar-refractivity contribution is -0.127. The van der Waals surface area contributed by atoms with Gasteiger partial charge in [0.1, 0.15) is 24.5 Å². The van der Waals surface area contributed by atoms with E-state index in [1.54, 1.807) is 19.4 Å². The van der Waals surface area contributed by atoms with Gasteiger partial charge in [-0.1, -0.05) is 29.8 Å². The minimum atomic E-state index is -2.52. The van der Waals surface area contributed by atoms with Gasteiger partial charge in [0, 0.05) is 49.3 Å². The van der Waals surface area contributed by atoms with Crippen molar-refractivity contribution >= 4 is 58.8 Å². The number of anilines is 5. The van der Waals surface area contributed by atoms with Crippen LogP contribution in [-0.4, -0.2) is 91.9 Å². The van der Waals surface area contributed by atoms with Gasteiger partial charge in [0.15, 0.2) is 5.82 Å². The number of piperazine rings is 1. The summed E-state index contributed by atoms with van der Waals surface area (Å²) in [5.74, 6) is 1.56. The molecule has 0 radical (unpaired) electrons. The van der Waals surface area contributed by atoms with Crippen molar-refractivity contribution in [1.82, 2.24) is 19.8 Å². The van der Waals surface area contributed by atoms with Crippen molar-refractivity contribution < 1.29 is 14.1 Å². The molecule has 3 aromatic rings. The minimum absolute atomic E-state index is 0.0376. The Morgan fingerprint density at radius 2 is 2.00 bits per heavy atom. The Labute approximate surface area is 245 Å². The first-order valence-corrected chi connectivity index (χ1v) is 16.4. The number of rotatable bonds is 8. The third-order valence-corrected chi connectivity index (χ3v) is 8.79. The molecule has 1 saturated heterocycles. The van der Waals surface area contributed by atoms with Crippen LogP contribution in [0.3, 0.4) is 0 Å². The van der Waals surface area contributed by atoms with E-state index in [2.05, 4.69) is 25.5 Å². The fourth-order valence-electron chi connectivity index (χ4n) is 4.94.